The topological polar surface area (TPSA) is 55.0 Å². The number of H-pyrrole nitrogens is 1. The van der Waals surface area contributed by atoms with Crippen molar-refractivity contribution in [2.75, 3.05) is 6.61 Å². The van der Waals surface area contributed by atoms with Gasteiger partial charge in [0.05, 0.1) is 6.61 Å². The Morgan fingerprint density at radius 2 is 1.95 bits per heavy atom. The van der Waals surface area contributed by atoms with E-state index in [0.717, 1.165) is 0 Å². The van der Waals surface area contributed by atoms with Crippen molar-refractivity contribution >= 4 is 5.97 Å². The van der Waals surface area contributed by atoms with E-state index in [1.54, 1.807) is 30.3 Å². The van der Waals surface area contributed by atoms with E-state index in [1.807, 2.05) is 0 Å². The number of carbonyl (C=O) groups excluding carboxylic acids is 1. The molecule has 0 aliphatic rings. The van der Waals surface area contributed by atoms with Gasteiger partial charge in [-0.05, 0) is 6.92 Å². The molecule has 106 valence electrons. The Balaban J connectivity index is 2.50. The number of carbonyl (C=O) groups is 1. The zero-order valence-electron chi connectivity index (χ0n) is 10.5. The summed E-state index contributed by atoms with van der Waals surface area (Å²) >= 11 is 0. The first-order chi connectivity index (χ1) is 9.43. The van der Waals surface area contributed by atoms with Crippen LogP contribution < -0.4 is 0 Å². The van der Waals surface area contributed by atoms with Crippen molar-refractivity contribution in [2.45, 2.75) is 13.1 Å². The average Bonchev–Trinajstić information content (AvgIpc) is 2.85. The fraction of sp³-hybridized carbons (Fsp3) is 0.231. The van der Waals surface area contributed by atoms with Crippen LogP contribution in [0.25, 0.3) is 11.4 Å². The van der Waals surface area contributed by atoms with Crippen LogP contribution in [0.15, 0.2) is 30.3 Å². The minimum Gasteiger partial charge on any atom is -0.461 e. The van der Waals surface area contributed by atoms with Crippen molar-refractivity contribution in [3.05, 3.63) is 41.7 Å². The number of halogens is 3. The summed E-state index contributed by atoms with van der Waals surface area (Å²) in [5, 5.41) is 0. The smallest absolute Gasteiger partial charge is 0.433 e. The van der Waals surface area contributed by atoms with Crippen molar-refractivity contribution in [2.24, 2.45) is 0 Å². The van der Waals surface area contributed by atoms with Crippen molar-refractivity contribution in [1.82, 2.24) is 9.97 Å². The van der Waals surface area contributed by atoms with E-state index >= 15 is 0 Å². The summed E-state index contributed by atoms with van der Waals surface area (Å²) in [6, 6.07) is 8.23. The highest BCUT2D eigenvalue weighted by atomic mass is 19.4. The summed E-state index contributed by atoms with van der Waals surface area (Å²) in [6.45, 7) is 1.49. The van der Waals surface area contributed by atoms with Crippen LogP contribution in [0.2, 0.25) is 0 Å². The molecule has 2 rings (SSSR count). The average molecular weight is 284 g/mol. The van der Waals surface area contributed by atoms with E-state index < -0.39 is 23.5 Å². The van der Waals surface area contributed by atoms with Gasteiger partial charge in [0.15, 0.2) is 11.4 Å². The summed E-state index contributed by atoms with van der Waals surface area (Å²) in [6.07, 6.45) is -4.71. The van der Waals surface area contributed by atoms with Gasteiger partial charge in [0.2, 0.25) is 0 Å². The van der Waals surface area contributed by atoms with E-state index in [2.05, 4.69) is 14.7 Å². The Labute approximate surface area is 112 Å². The lowest BCUT2D eigenvalue weighted by atomic mass is 10.2. The first-order valence-electron chi connectivity index (χ1n) is 5.83. The molecule has 2 aromatic rings. The molecule has 0 aliphatic heterocycles. The number of nitrogens with one attached hydrogen (secondary N) is 1. The normalized spacial score (nSPS) is 11.4. The number of ether oxygens (including phenoxy) is 1. The van der Waals surface area contributed by atoms with Crippen LogP contribution in [0.4, 0.5) is 13.2 Å². The molecule has 1 heterocycles. The fourth-order valence-electron chi connectivity index (χ4n) is 1.66. The number of alkyl halides is 3. The van der Waals surface area contributed by atoms with Gasteiger partial charge in [0.1, 0.15) is 5.82 Å². The van der Waals surface area contributed by atoms with Crippen LogP contribution in [0, 0.1) is 0 Å². The largest absolute Gasteiger partial charge is 0.461 e. The lowest BCUT2D eigenvalue weighted by molar-refractivity contribution is -0.141. The third kappa shape index (κ3) is 2.81. The molecule has 0 saturated carbocycles. The Hall–Kier alpha value is -2.31. The number of esters is 1. The first kappa shape index (κ1) is 14.1. The Morgan fingerprint density at radius 3 is 2.50 bits per heavy atom. The Bertz CT molecular complexity index is 606. The number of nitrogens with zero attached hydrogens (tertiary/aromatic N) is 1. The molecule has 7 heteroatoms. The van der Waals surface area contributed by atoms with Gasteiger partial charge < -0.3 is 9.72 Å². The van der Waals surface area contributed by atoms with Crippen LogP contribution in [0.5, 0.6) is 0 Å². The predicted octanol–water partition coefficient (Wildman–Crippen LogP) is 3.27. The second-order valence-electron chi connectivity index (χ2n) is 3.89. The standard InChI is InChI=1S/C13H11F3N2O2/c1-2-20-12(19)9-10(13(14,15)16)18-11(17-9)8-6-4-3-5-7-8/h3-7H,2H2,1H3,(H,17,18). The number of hydrogen-bond donors (Lipinski definition) is 1. The molecule has 0 spiro atoms. The second kappa shape index (κ2) is 5.36. The molecule has 0 unspecified atom stereocenters. The van der Waals surface area contributed by atoms with Crippen LogP contribution in [0.3, 0.4) is 0 Å². The summed E-state index contributed by atoms with van der Waals surface area (Å²) in [5.41, 5.74) is -1.50. The molecule has 0 atom stereocenters. The SMILES string of the molecule is CCOC(=O)c1nc(-c2ccccc2)[nH]c1C(F)(F)F. The summed E-state index contributed by atoms with van der Waals surface area (Å²) in [5.74, 6) is -1.13. The highest BCUT2D eigenvalue weighted by molar-refractivity contribution is 5.89. The molecule has 1 N–H and O–H groups in total. The van der Waals surface area contributed by atoms with Gasteiger partial charge in [-0.15, -0.1) is 0 Å². The maximum Gasteiger partial charge on any atom is 0.433 e. The van der Waals surface area contributed by atoms with Gasteiger partial charge in [0, 0.05) is 5.56 Å². The van der Waals surface area contributed by atoms with Crippen molar-refractivity contribution in [3.8, 4) is 11.4 Å². The number of rotatable bonds is 3. The molecule has 0 aliphatic carbocycles. The summed E-state index contributed by atoms with van der Waals surface area (Å²) < 4.78 is 43.3. The van der Waals surface area contributed by atoms with E-state index in [-0.39, 0.29) is 12.4 Å². The molecule has 0 fully saturated rings. The van der Waals surface area contributed by atoms with E-state index in [0.29, 0.717) is 5.56 Å². The van der Waals surface area contributed by atoms with E-state index in [1.165, 1.54) is 6.92 Å². The summed E-state index contributed by atoms with van der Waals surface area (Å²) in [4.78, 5) is 17.4. The van der Waals surface area contributed by atoms with Gasteiger partial charge in [0.25, 0.3) is 0 Å². The molecular weight excluding hydrogens is 273 g/mol. The highest BCUT2D eigenvalue weighted by Crippen LogP contribution is 2.32. The zero-order valence-corrected chi connectivity index (χ0v) is 10.5. The second-order valence-corrected chi connectivity index (χ2v) is 3.89. The maximum absolute atomic E-state index is 12.9. The van der Waals surface area contributed by atoms with E-state index in [9.17, 15) is 18.0 Å². The lowest BCUT2D eigenvalue weighted by Gasteiger charge is -2.05. The van der Waals surface area contributed by atoms with Gasteiger partial charge in [-0.3, -0.25) is 0 Å². The summed E-state index contributed by atoms with van der Waals surface area (Å²) in [7, 11) is 0. The fourth-order valence-corrected chi connectivity index (χ4v) is 1.66. The zero-order chi connectivity index (χ0) is 14.8. The molecule has 1 aromatic carbocycles. The number of aromatic nitrogens is 2. The third-order valence-corrected chi connectivity index (χ3v) is 2.50. The molecule has 0 amide bonds. The molecule has 0 saturated heterocycles. The first-order valence-corrected chi connectivity index (χ1v) is 5.83. The Kier molecular flexibility index (Phi) is 3.78. The van der Waals surface area contributed by atoms with Gasteiger partial charge in [-0.25, -0.2) is 9.78 Å². The highest BCUT2D eigenvalue weighted by Gasteiger charge is 2.39. The molecule has 0 bridgehead atoms. The number of hydrogen-bond acceptors (Lipinski definition) is 3. The minimum atomic E-state index is -4.71. The van der Waals surface area contributed by atoms with Crippen LogP contribution in [-0.2, 0) is 10.9 Å². The third-order valence-electron chi connectivity index (χ3n) is 2.50. The van der Waals surface area contributed by atoms with Crippen LogP contribution >= 0.6 is 0 Å². The Morgan fingerprint density at radius 1 is 1.30 bits per heavy atom. The number of benzene rings is 1. The number of imidazole rings is 1. The minimum absolute atomic E-state index is 0.0241. The molecular formula is C13H11F3N2O2. The molecule has 1 aromatic heterocycles. The quantitative estimate of drug-likeness (QED) is 0.880. The molecule has 0 radical (unpaired) electrons. The van der Waals surface area contributed by atoms with Crippen molar-refractivity contribution in [1.29, 1.82) is 0 Å². The van der Waals surface area contributed by atoms with Crippen LogP contribution in [0.1, 0.15) is 23.1 Å². The van der Waals surface area contributed by atoms with Crippen molar-refractivity contribution < 1.29 is 22.7 Å². The predicted molar refractivity (Wildman–Crippen MR) is 65.0 cm³/mol. The lowest BCUT2D eigenvalue weighted by Crippen LogP contribution is -2.15. The van der Waals surface area contributed by atoms with E-state index in [4.69, 9.17) is 0 Å². The van der Waals surface area contributed by atoms with Gasteiger partial charge in [-0.1, -0.05) is 30.3 Å². The van der Waals surface area contributed by atoms with Crippen molar-refractivity contribution in [3.63, 3.8) is 0 Å². The van der Waals surface area contributed by atoms with Gasteiger partial charge in [-0.2, -0.15) is 13.2 Å². The number of aromatic amines is 1. The van der Waals surface area contributed by atoms with Gasteiger partial charge >= 0.3 is 12.1 Å². The molecule has 4 nitrogen and oxygen atoms in total. The monoisotopic (exact) mass is 284 g/mol. The maximum atomic E-state index is 12.9. The van der Waals surface area contributed by atoms with Crippen LogP contribution in [-0.4, -0.2) is 22.5 Å². The molecule has 20 heavy (non-hydrogen) atoms.